The highest BCUT2D eigenvalue weighted by molar-refractivity contribution is 5.92. The summed E-state index contributed by atoms with van der Waals surface area (Å²) < 4.78 is 1.61. The molecule has 1 aromatic rings. The van der Waals surface area contributed by atoms with Gasteiger partial charge < -0.3 is 11.1 Å². The first-order valence-electron chi connectivity index (χ1n) is 5.66. The number of carbonyl (C=O) groups excluding carboxylic acids is 1. The van der Waals surface area contributed by atoms with Crippen molar-refractivity contribution in [2.24, 2.45) is 12.8 Å². The van der Waals surface area contributed by atoms with E-state index in [-0.39, 0.29) is 11.9 Å². The monoisotopic (exact) mass is 224 g/mol. The van der Waals surface area contributed by atoms with Gasteiger partial charge in [0.25, 0.3) is 5.91 Å². The number of hydrogen-bond acceptors (Lipinski definition) is 3. The van der Waals surface area contributed by atoms with Gasteiger partial charge in [-0.3, -0.25) is 9.48 Å². The van der Waals surface area contributed by atoms with Crippen molar-refractivity contribution in [2.45, 2.75) is 32.7 Å². The van der Waals surface area contributed by atoms with Gasteiger partial charge in [-0.1, -0.05) is 13.8 Å². The molecule has 5 nitrogen and oxygen atoms in total. The summed E-state index contributed by atoms with van der Waals surface area (Å²) in [6.45, 7) is 4.47. The van der Waals surface area contributed by atoms with Crippen molar-refractivity contribution < 1.29 is 4.79 Å². The minimum absolute atomic E-state index is 0.0347. The zero-order chi connectivity index (χ0) is 12.1. The van der Waals surface area contributed by atoms with E-state index in [1.54, 1.807) is 11.7 Å². The molecular weight excluding hydrogens is 204 g/mol. The number of nitrogens with two attached hydrogens (primary N) is 1. The maximum absolute atomic E-state index is 11.9. The quantitative estimate of drug-likeness (QED) is 0.762. The van der Waals surface area contributed by atoms with Gasteiger partial charge in [-0.25, -0.2) is 0 Å². The predicted octanol–water partition coefficient (Wildman–Crippen LogP) is 0.450. The van der Waals surface area contributed by atoms with Crippen molar-refractivity contribution in [3.05, 3.63) is 17.5 Å². The first-order valence-corrected chi connectivity index (χ1v) is 5.66. The van der Waals surface area contributed by atoms with E-state index >= 15 is 0 Å². The normalized spacial score (nSPS) is 12.5. The Balaban J connectivity index is 2.75. The molecule has 1 rings (SSSR count). The van der Waals surface area contributed by atoms with Crippen LogP contribution in [0.4, 0.5) is 0 Å². The molecule has 0 aliphatic rings. The van der Waals surface area contributed by atoms with E-state index in [0.717, 1.165) is 18.5 Å². The molecule has 0 aromatic carbocycles. The van der Waals surface area contributed by atoms with Crippen molar-refractivity contribution in [2.75, 3.05) is 6.54 Å². The van der Waals surface area contributed by atoms with Crippen LogP contribution in [-0.2, 0) is 13.5 Å². The molecule has 1 unspecified atom stereocenters. The van der Waals surface area contributed by atoms with Crippen LogP contribution in [0.3, 0.4) is 0 Å². The second-order valence-corrected chi connectivity index (χ2v) is 3.81. The highest BCUT2D eigenvalue weighted by atomic mass is 16.2. The third-order valence-corrected chi connectivity index (χ3v) is 2.64. The highest BCUT2D eigenvalue weighted by Crippen LogP contribution is 2.04. The summed E-state index contributed by atoms with van der Waals surface area (Å²) >= 11 is 0. The molecular formula is C11H20N4O. The predicted molar refractivity (Wildman–Crippen MR) is 63.2 cm³/mol. The smallest absolute Gasteiger partial charge is 0.269 e. The van der Waals surface area contributed by atoms with Crippen LogP contribution in [0.15, 0.2) is 6.07 Å². The third kappa shape index (κ3) is 2.82. The second-order valence-electron chi connectivity index (χ2n) is 3.81. The van der Waals surface area contributed by atoms with E-state index in [1.165, 1.54) is 0 Å². The number of aromatic nitrogens is 2. The fraction of sp³-hybridized carbons (Fsp3) is 0.636. The lowest BCUT2D eigenvalue weighted by Gasteiger charge is -2.14. The van der Waals surface area contributed by atoms with Gasteiger partial charge >= 0.3 is 0 Å². The second kappa shape index (κ2) is 5.65. The van der Waals surface area contributed by atoms with Crippen molar-refractivity contribution >= 4 is 5.91 Å². The molecule has 0 aliphatic carbocycles. The fourth-order valence-corrected chi connectivity index (χ4v) is 1.50. The minimum Gasteiger partial charge on any atom is -0.347 e. The molecule has 3 N–H and O–H groups in total. The third-order valence-electron chi connectivity index (χ3n) is 2.64. The van der Waals surface area contributed by atoms with Crippen molar-refractivity contribution in [1.82, 2.24) is 15.1 Å². The van der Waals surface area contributed by atoms with Crippen LogP contribution in [0, 0.1) is 0 Å². The Kier molecular flexibility index (Phi) is 4.49. The molecule has 0 spiro atoms. The Labute approximate surface area is 96.0 Å². The van der Waals surface area contributed by atoms with Gasteiger partial charge in [-0.05, 0) is 18.9 Å². The molecule has 0 bridgehead atoms. The van der Waals surface area contributed by atoms with Gasteiger partial charge in [-0.2, -0.15) is 5.10 Å². The van der Waals surface area contributed by atoms with E-state index in [9.17, 15) is 4.79 Å². The van der Waals surface area contributed by atoms with Gasteiger partial charge in [-0.15, -0.1) is 0 Å². The van der Waals surface area contributed by atoms with Gasteiger partial charge in [0.1, 0.15) is 5.69 Å². The van der Waals surface area contributed by atoms with Crippen LogP contribution in [0.25, 0.3) is 0 Å². The molecule has 90 valence electrons. The first kappa shape index (κ1) is 12.7. The fourth-order valence-electron chi connectivity index (χ4n) is 1.50. The Morgan fingerprint density at radius 1 is 1.62 bits per heavy atom. The molecule has 0 fully saturated rings. The average molecular weight is 224 g/mol. The Morgan fingerprint density at radius 2 is 2.31 bits per heavy atom. The maximum atomic E-state index is 11.9. The van der Waals surface area contributed by atoms with E-state index in [4.69, 9.17) is 5.73 Å². The summed E-state index contributed by atoms with van der Waals surface area (Å²) in [6.07, 6.45) is 1.66. The molecule has 1 amide bonds. The molecule has 1 aromatic heterocycles. The van der Waals surface area contributed by atoms with Crippen molar-refractivity contribution in [1.29, 1.82) is 0 Å². The van der Waals surface area contributed by atoms with Gasteiger partial charge in [0.15, 0.2) is 0 Å². The van der Waals surface area contributed by atoms with Gasteiger partial charge in [0.05, 0.1) is 5.69 Å². The average Bonchev–Trinajstić information content (AvgIpc) is 2.67. The van der Waals surface area contributed by atoms with Crippen LogP contribution in [0.2, 0.25) is 0 Å². The lowest BCUT2D eigenvalue weighted by molar-refractivity contribution is 0.0927. The maximum Gasteiger partial charge on any atom is 0.269 e. The molecule has 16 heavy (non-hydrogen) atoms. The number of aryl methyl sites for hydroxylation is 2. The van der Waals surface area contributed by atoms with Crippen molar-refractivity contribution in [3.63, 3.8) is 0 Å². The number of hydrogen-bond donors (Lipinski definition) is 2. The molecule has 0 radical (unpaired) electrons. The van der Waals surface area contributed by atoms with Crippen LogP contribution < -0.4 is 11.1 Å². The van der Waals surface area contributed by atoms with Crippen LogP contribution in [0.1, 0.15) is 36.5 Å². The SMILES string of the molecule is CCc1cc(C(=O)NC(CC)CN)n(C)n1. The summed E-state index contributed by atoms with van der Waals surface area (Å²) in [5.74, 6) is -0.105. The minimum atomic E-state index is -0.105. The lowest BCUT2D eigenvalue weighted by Crippen LogP contribution is -2.40. The molecule has 0 saturated heterocycles. The number of amides is 1. The van der Waals surface area contributed by atoms with Crippen molar-refractivity contribution in [3.8, 4) is 0 Å². The Morgan fingerprint density at radius 3 is 2.75 bits per heavy atom. The molecule has 1 atom stereocenters. The first-order chi connectivity index (χ1) is 7.62. The Hall–Kier alpha value is -1.36. The lowest BCUT2D eigenvalue weighted by atomic mass is 10.2. The van der Waals surface area contributed by atoms with Crippen LogP contribution in [-0.4, -0.2) is 28.3 Å². The number of carbonyl (C=O) groups is 1. The molecule has 0 aliphatic heterocycles. The summed E-state index contributed by atoms with van der Waals surface area (Å²) in [5, 5.41) is 7.12. The zero-order valence-corrected chi connectivity index (χ0v) is 10.2. The largest absolute Gasteiger partial charge is 0.347 e. The van der Waals surface area contributed by atoms with E-state index in [0.29, 0.717) is 12.2 Å². The van der Waals surface area contributed by atoms with E-state index in [1.807, 2.05) is 19.9 Å². The van der Waals surface area contributed by atoms with Crippen LogP contribution >= 0.6 is 0 Å². The summed E-state index contributed by atoms with van der Waals surface area (Å²) in [4.78, 5) is 11.9. The molecule has 5 heteroatoms. The van der Waals surface area contributed by atoms with E-state index in [2.05, 4.69) is 10.4 Å². The zero-order valence-electron chi connectivity index (χ0n) is 10.2. The standard InChI is InChI=1S/C11H20N4O/c1-4-8-6-10(15(3)14-8)11(16)13-9(5-2)7-12/h6,9H,4-5,7,12H2,1-3H3,(H,13,16). The highest BCUT2D eigenvalue weighted by Gasteiger charge is 2.15. The summed E-state index contributed by atoms with van der Waals surface area (Å²) in [6, 6.07) is 1.85. The number of nitrogens with zero attached hydrogens (tertiary/aromatic N) is 2. The van der Waals surface area contributed by atoms with E-state index < -0.39 is 0 Å². The van der Waals surface area contributed by atoms with Crippen LogP contribution in [0.5, 0.6) is 0 Å². The number of rotatable bonds is 5. The topological polar surface area (TPSA) is 72.9 Å². The summed E-state index contributed by atoms with van der Waals surface area (Å²) in [7, 11) is 1.78. The van der Waals surface area contributed by atoms with Gasteiger partial charge in [0, 0.05) is 19.6 Å². The molecule has 0 saturated carbocycles. The molecule has 1 heterocycles. The van der Waals surface area contributed by atoms with Gasteiger partial charge in [0.2, 0.25) is 0 Å². The number of nitrogens with one attached hydrogen (secondary N) is 1. The summed E-state index contributed by atoms with van der Waals surface area (Å²) in [5.41, 5.74) is 7.05. The Bertz CT molecular complexity index is 355.